The summed E-state index contributed by atoms with van der Waals surface area (Å²) >= 11 is 0. The van der Waals surface area contributed by atoms with E-state index in [0.717, 1.165) is 44.9 Å². The smallest absolute Gasteiger partial charge is 0.235 e. The lowest BCUT2D eigenvalue weighted by Crippen LogP contribution is -2.61. The number of hydrogen-bond acceptors (Lipinski definition) is 4. The number of isocyanates is 1. The van der Waals surface area contributed by atoms with Gasteiger partial charge >= 0.3 is 0 Å². The molecule has 0 spiro atoms. The van der Waals surface area contributed by atoms with E-state index in [-0.39, 0.29) is 38.7 Å². The molecule has 3 fully saturated rings. The van der Waals surface area contributed by atoms with Crippen molar-refractivity contribution in [3.63, 3.8) is 0 Å². The third kappa shape index (κ3) is 3.53. The summed E-state index contributed by atoms with van der Waals surface area (Å²) in [6, 6.07) is 0. The van der Waals surface area contributed by atoms with Crippen molar-refractivity contribution in [2.24, 2.45) is 32.6 Å². The fraction of sp³-hybridized carbons (Fsp3) is 0.655. The van der Waals surface area contributed by atoms with Gasteiger partial charge in [-0.25, -0.2) is 4.79 Å². The number of fused-ring (bicyclic) bond motifs is 5. The molecule has 0 heterocycles. The van der Waals surface area contributed by atoms with Crippen LogP contribution >= 0.6 is 0 Å². The summed E-state index contributed by atoms with van der Waals surface area (Å²) < 4.78 is 0. The van der Waals surface area contributed by atoms with Gasteiger partial charge in [0, 0.05) is 5.41 Å². The molecule has 6 atom stereocenters. The van der Waals surface area contributed by atoms with E-state index in [9.17, 15) is 14.7 Å². The first-order valence-electron chi connectivity index (χ1n) is 12.4. The average molecular weight is 450 g/mol. The van der Waals surface area contributed by atoms with Crippen molar-refractivity contribution >= 4 is 11.9 Å². The predicted octanol–water partition coefficient (Wildman–Crippen LogP) is 6.95. The number of hydrogen-bond donors (Lipinski definition) is 1. The Morgan fingerprint density at radius 3 is 2.39 bits per heavy atom. The molecule has 3 saturated carbocycles. The van der Waals surface area contributed by atoms with Crippen LogP contribution in [-0.2, 0) is 9.59 Å². The van der Waals surface area contributed by atoms with Crippen LogP contribution in [0.15, 0.2) is 52.3 Å². The molecule has 0 amide bonds. The van der Waals surface area contributed by atoms with Crippen LogP contribution in [0.2, 0.25) is 0 Å². The van der Waals surface area contributed by atoms with Crippen LogP contribution < -0.4 is 0 Å². The van der Waals surface area contributed by atoms with Crippen molar-refractivity contribution < 1.29 is 14.7 Å². The molecule has 178 valence electrons. The Hall–Kier alpha value is -2.19. The van der Waals surface area contributed by atoms with Gasteiger partial charge in [0.05, 0.1) is 5.54 Å². The second kappa shape index (κ2) is 7.67. The van der Waals surface area contributed by atoms with Gasteiger partial charge in [0.15, 0.2) is 5.76 Å². The van der Waals surface area contributed by atoms with Gasteiger partial charge in [-0.2, -0.15) is 4.99 Å². The van der Waals surface area contributed by atoms with Crippen LogP contribution in [0, 0.1) is 27.6 Å². The predicted molar refractivity (Wildman–Crippen MR) is 131 cm³/mol. The van der Waals surface area contributed by atoms with Gasteiger partial charge < -0.3 is 5.11 Å². The van der Waals surface area contributed by atoms with E-state index in [1.54, 1.807) is 13.0 Å². The molecule has 0 unspecified atom stereocenters. The van der Waals surface area contributed by atoms with Crippen molar-refractivity contribution in [2.45, 2.75) is 92.0 Å². The van der Waals surface area contributed by atoms with Gasteiger partial charge in [0.2, 0.25) is 11.9 Å². The standard InChI is InChI=1S/C29H39NO3/c1-20-8-7-9-22-25(2,11-10-21(32)24(20)33)13-17-29(6)23-18-27(4,30-19-31)15-12-26(23,3)14-16-28(22,29)5/h7-11,23,33H,12-18H2,1-6H3/b8-7+,11-10+,22-9-,24-20+/t23-,25-,26-,27-,28-,29+/m1/s1. The number of carbonyl (C=O) groups is 1. The number of aliphatic hydroxyl groups excluding tert-OH is 1. The van der Waals surface area contributed by atoms with E-state index >= 15 is 0 Å². The minimum Gasteiger partial charge on any atom is -0.504 e. The molecule has 0 aromatic rings. The Kier molecular flexibility index (Phi) is 5.56. The molecule has 0 bridgehead atoms. The number of carbonyl (C=O) groups excluding carboxylic acids is 2. The Balaban J connectivity index is 1.85. The molecule has 4 nitrogen and oxygen atoms in total. The lowest BCUT2D eigenvalue weighted by molar-refractivity contribution is -0.149. The van der Waals surface area contributed by atoms with Crippen molar-refractivity contribution in [3.8, 4) is 0 Å². The fourth-order valence-electron chi connectivity index (χ4n) is 7.85. The SMILES string of the molecule is CC1=C(/O)C(=O)/C=C/[C@]2(C)CC[C@@]3(C)[C@@H]4C[C@](C)(N=C=O)CC[C@]4(C)CC[C@]3(C)\C2=C/C=C/1. The normalized spacial score (nSPS) is 51.0. The van der Waals surface area contributed by atoms with Gasteiger partial charge in [-0.05, 0) is 92.6 Å². The third-order valence-electron chi connectivity index (χ3n) is 10.5. The molecule has 0 aliphatic heterocycles. The van der Waals surface area contributed by atoms with E-state index in [0.29, 0.717) is 11.5 Å². The van der Waals surface area contributed by atoms with Crippen LogP contribution in [0.1, 0.15) is 86.5 Å². The van der Waals surface area contributed by atoms with E-state index in [2.05, 4.69) is 45.7 Å². The van der Waals surface area contributed by atoms with Crippen LogP contribution in [-0.4, -0.2) is 22.5 Å². The molecular weight excluding hydrogens is 410 g/mol. The monoisotopic (exact) mass is 449 g/mol. The number of aliphatic hydroxyl groups is 1. The van der Waals surface area contributed by atoms with Crippen molar-refractivity contribution in [3.05, 3.63) is 47.3 Å². The summed E-state index contributed by atoms with van der Waals surface area (Å²) in [5.41, 5.74) is 1.67. The van der Waals surface area contributed by atoms with Crippen LogP contribution in [0.3, 0.4) is 0 Å². The van der Waals surface area contributed by atoms with Crippen molar-refractivity contribution in [1.29, 1.82) is 0 Å². The summed E-state index contributed by atoms with van der Waals surface area (Å²) in [5.74, 6) is -0.0507. The van der Waals surface area contributed by atoms with Gasteiger partial charge in [0.1, 0.15) is 0 Å². The maximum atomic E-state index is 12.6. The summed E-state index contributed by atoms with van der Waals surface area (Å²) in [6.45, 7) is 13.5. The summed E-state index contributed by atoms with van der Waals surface area (Å²) in [6.07, 6.45) is 18.8. The molecule has 4 heteroatoms. The zero-order valence-corrected chi connectivity index (χ0v) is 21.1. The highest BCUT2D eigenvalue weighted by molar-refractivity contribution is 6.02. The topological polar surface area (TPSA) is 66.7 Å². The largest absolute Gasteiger partial charge is 0.504 e. The summed E-state index contributed by atoms with van der Waals surface area (Å²) in [7, 11) is 0. The zero-order valence-electron chi connectivity index (χ0n) is 21.1. The van der Waals surface area contributed by atoms with Crippen molar-refractivity contribution in [2.75, 3.05) is 0 Å². The lowest BCUT2D eigenvalue weighted by Gasteiger charge is -2.69. The quantitative estimate of drug-likeness (QED) is 0.348. The Bertz CT molecular complexity index is 1040. The number of aliphatic imine (C=N–C) groups is 1. The molecule has 0 aromatic carbocycles. The molecule has 0 saturated heterocycles. The number of allylic oxidation sites excluding steroid dienone is 7. The number of rotatable bonds is 1. The molecule has 4 aliphatic carbocycles. The van der Waals surface area contributed by atoms with E-state index in [1.807, 2.05) is 24.3 Å². The summed E-state index contributed by atoms with van der Waals surface area (Å²) in [4.78, 5) is 28.1. The minimum absolute atomic E-state index is 0.0378. The van der Waals surface area contributed by atoms with Crippen LogP contribution in [0.5, 0.6) is 0 Å². The fourth-order valence-corrected chi connectivity index (χ4v) is 7.85. The van der Waals surface area contributed by atoms with Gasteiger partial charge in [-0.15, -0.1) is 0 Å². The highest BCUT2D eigenvalue weighted by Gasteiger charge is 2.65. The maximum Gasteiger partial charge on any atom is 0.235 e. The Morgan fingerprint density at radius 2 is 1.70 bits per heavy atom. The second-order valence-corrected chi connectivity index (χ2v) is 12.4. The molecule has 33 heavy (non-hydrogen) atoms. The molecule has 1 N–H and O–H groups in total. The molecule has 0 radical (unpaired) electrons. The highest BCUT2D eigenvalue weighted by Crippen LogP contribution is 2.73. The van der Waals surface area contributed by atoms with Crippen LogP contribution in [0.25, 0.3) is 0 Å². The Morgan fingerprint density at radius 1 is 1.00 bits per heavy atom. The maximum absolute atomic E-state index is 12.6. The first kappa shape index (κ1) is 24.0. The number of nitrogens with zero attached hydrogens (tertiary/aromatic N) is 1. The average Bonchev–Trinajstić information content (AvgIpc) is 2.76. The second-order valence-electron chi connectivity index (χ2n) is 12.4. The third-order valence-corrected chi connectivity index (χ3v) is 10.5. The first-order valence-corrected chi connectivity index (χ1v) is 12.4. The summed E-state index contributed by atoms with van der Waals surface area (Å²) in [5, 5.41) is 10.2. The van der Waals surface area contributed by atoms with Gasteiger partial charge in [-0.3, -0.25) is 4.79 Å². The van der Waals surface area contributed by atoms with E-state index < -0.39 is 0 Å². The Labute approximate surface area is 198 Å². The molecule has 0 aromatic heterocycles. The number of ketones is 1. The molecule has 4 rings (SSSR count). The minimum atomic E-state index is -0.330. The van der Waals surface area contributed by atoms with Gasteiger partial charge in [0.25, 0.3) is 0 Å². The van der Waals surface area contributed by atoms with Crippen LogP contribution in [0.4, 0.5) is 0 Å². The van der Waals surface area contributed by atoms with Crippen molar-refractivity contribution in [1.82, 2.24) is 0 Å². The van der Waals surface area contributed by atoms with E-state index in [1.165, 1.54) is 5.57 Å². The first-order chi connectivity index (χ1) is 15.3. The molecular formula is C29H39NO3. The van der Waals surface area contributed by atoms with Gasteiger partial charge in [-0.1, -0.05) is 57.6 Å². The highest BCUT2D eigenvalue weighted by atomic mass is 16.3. The lowest BCUT2D eigenvalue weighted by atomic mass is 9.36. The zero-order chi connectivity index (χ0) is 24.3. The molecule has 4 aliphatic rings. The van der Waals surface area contributed by atoms with E-state index in [4.69, 9.17) is 0 Å².